The lowest BCUT2D eigenvalue weighted by Crippen LogP contribution is -2.25. The van der Waals surface area contributed by atoms with Crippen molar-refractivity contribution in [2.45, 2.75) is 0 Å². The lowest BCUT2D eigenvalue weighted by atomic mass is 10.1. The van der Waals surface area contributed by atoms with Crippen molar-refractivity contribution in [3.05, 3.63) is 95.0 Å². The smallest absolute Gasteiger partial charge is 0.312 e. The third kappa shape index (κ3) is 3.20. The molecule has 3 aromatic carbocycles. The number of hydrogen-bond acceptors (Lipinski definition) is 4. The van der Waals surface area contributed by atoms with E-state index in [4.69, 9.17) is 16.4 Å². The van der Waals surface area contributed by atoms with Crippen LogP contribution < -0.4 is 4.90 Å². The van der Waals surface area contributed by atoms with E-state index in [1.807, 2.05) is 42.5 Å². The van der Waals surface area contributed by atoms with Crippen LogP contribution in [-0.4, -0.2) is 17.6 Å². The van der Waals surface area contributed by atoms with E-state index < -0.39 is 5.97 Å². The van der Waals surface area contributed by atoms with Crippen molar-refractivity contribution in [1.82, 2.24) is 0 Å². The van der Waals surface area contributed by atoms with Gasteiger partial charge in [0.15, 0.2) is 5.71 Å². The molecule has 1 aliphatic heterocycles. The number of carbonyl (C=O) groups excluding carboxylic acids is 2. The van der Waals surface area contributed by atoms with Gasteiger partial charge in [0, 0.05) is 16.3 Å². The molecule has 0 spiro atoms. The van der Waals surface area contributed by atoms with E-state index in [1.165, 1.54) is 12.1 Å². The molecular formula is C21H13ClN2O3. The molecule has 0 saturated carbocycles. The van der Waals surface area contributed by atoms with Gasteiger partial charge in [-0.2, -0.15) is 0 Å². The van der Waals surface area contributed by atoms with Gasteiger partial charge in [0.1, 0.15) is 0 Å². The average Bonchev–Trinajstić information content (AvgIpc) is 2.98. The minimum Gasteiger partial charge on any atom is -0.312 e. The lowest BCUT2D eigenvalue weighted by Gasteiger charge is -2.16. The van der Waals surface area contributed by atoms with Gasteiger partial charge in [-0.25, -0.2) is 4.79 Å². The van der Waals surface area contributed by atoms with Crippen LogP contribution in [0.2, 0.25) is 5.02 Å². The van der Waals surface area contributed by atoms with Gasteiger partial charge in [-0.15, -0.1) is 0 Å². The first kappa shape index (κ1) is 17.0. The Kier molecular flexibility index (Phi) is 4.44. The molecule has 0 atom stereocenters. The molecule has 1 aliphatic rings. The SMILES string of the molecule is O=C(ON=C1C(=O)N(c2ccccc2)c2ccccc21)c1ccc(Cl)cc1. The van der Waals surface area contributed by atoms with Crippen LogP contribution in [0.5, 0.6) is 0 Å². The third-order valence-corrected chi connectivity index (χ3v) is 4.37. The molecule has 3 aromatic rings. The summed E-state index contributed by atoms with van der Waals surface area (Å²) in [5.41, 5.74) is 2.38. The highest BCUT2D eigenvalue weighted by atomic mass is 35.5. The third-order valence-electron chi connectivity index (χ3n) is 4.12. The largest absolute Gasteiger partial charge is 0.365 e. The Labute approximate surface area is 160 Å². The van der Waals surface area contributed by atoms with E-state index >= 15 is 0 Å². The second kappa shape index (κ2) is 7.05. The highest BCUT2D eigenvalue weighted by Gasteiger charge is 2.35. The van der Waals surface area contributed by atoms with Gasteiger partial charge >= 0.3 is 5.97 Å². The number of anilines is 2. The average molecular weight is 377 g/mol. The number of nitrogens with zero attached hydrogens (tertiary/aromatic N) is 2. The molecule has 4 rings (SSSR count). The Morgan fingerprint density at radius 3 is 2.30 bits per heavy atom. The number of halogens is 1. The quantitative estimate of drug-likeness (QED) is 0.496. The Hall–Kier alpha value is -3.44. The summed E-state index contributed by atoms with van der Waals surface area (Å²) in [5.74, 6) is -1.02. The predicted octanol–water partition coefficient (Wildman–Crippen LogP) is 4.58. The van der Waals surface area contributed by atoms with Crippen LogP contribution in [0.1, 0.15) is 15.9 Å². The predicted molar refractivity (Wildman–Crippen MR) is 103 cm³/mol. The fraction of sp³-hybridized carbons (Fsp3) is 0. The van der Waals surface area contributed by atoms with Crippen molar-refractivity contribution in [3.63, 3.8) is 0 Å². The van der Waals surface area contributed by atoms with Gasteiger partial charge in [-0.3, -0.25) is 9.69 Å². The van der Waals surface area contributed by atoms with Gasteiger partial charge in [-0.05, 0) is 42.5 Å². The number of carbonyl (C=O) groups is 2. The zero-order valence-corrected chi connectivity index (χ0v) is 14.8. The molecular weight excluding hydrogens is 364 g/mol. The van der Waals surface area contributed by atoms with Gasteiger partial charge in [-0.1, -0.05) is 53.2 Å². The van der Waals surface area contributed by atoms with E-state index in [-0.39, 0.29) is 11.6 Å². The molecule has 0 unspecified atom stereocenters. The van der Waals surface area contributed by atoms with Crippen LogP contribution in [0.3, 0.4) is 0 Å². The van der Waals surface area contributed by atoms with Crippen molar-refractivity contribution in [1.29, 1.82) is 0 Å². The molecule has 1 amide bonds. The number of rotatable bonds is 3. The van der Waals surface area contributed by atoms with Crippen molar-refractivity contribution in [2.75, 3.05) is 4.90 Å². The van der Waals surface area contributed by atoms with E-state index in [9.17, 15) is 9.59 Å². The second-order valence-electron chi connectivity index (χ2n) is 5.82. The number of benzene rings is 3. The molecule has 0 N–H and O–H groups in total. The molecule has 0 bridgehead atoms. The van der Waals surface area contributed by atoms with Gasteiger partial charge < -0.3 is 4.84 Å². The minimum atomic E-state index is -0.664. The molecule has 0 fully saturated rings. The topological polar surface area (TPSA) is 59.0 Å². The fourth-order valence-corrected chi connectivity index (χ4v) is 2.97. The highest BCUT2D eigenvalue weighted by molar-refractivity contribution is 6.55. The molecule has 132 valence electrons. The van der Waals surface area contributed by atoms with Crippen LogP contribution >= 0.6 is 11.6 Å². The first-order valence-corrected chi connectivity index (χ1v) is 8.57. The van der Waals surface area contributed by atoms with Crippen molar-refractivity contribution < 1.29 is 14.4 Å². The van der Waals surface area contributed by atoms with Gasteiger partial charge in [0.2, 0.25) is 0 Å². The summed E-state index contributed by atoms with van der Waals surface area (Å²) in [7, 11) is 0. The molecule has 0 radical (unpaired) electrons. The van der Waals surface area contributed by atoms with Crippen LogP contribution in [0.15, 0.2) is 84.0 Å². The molecule has 1 heterocycles. The van der Waals surface area contributed by atoms with E-state index in [0.29, 0.717) is 27.5 Å². The summed E-state index contributed by atoms with van der Waals surface area (Å²) in [4.78, 5) is 31.7. The number of fused-ring (bicyclic) bond motifs is 1. The van der Waals surface area contributed by atoms with Crippen LogP contribution in [0.4, 0.5) is 11.4 Å². The summed E-state index contributed by atoms with van der Waals surface area (Å²) in [6.45, 7) is 0. The Bertz CT molecular complexity index is 1050. The number of para-hydroxylation sites is 2. The van der Waals surface area contributed by atoms with Crippen LogP contribution in [0.25, 0.3) is 0 Å². The standard InChI is InChI=1S/C21H13ClN2O3/c22-15-12-10-14(11-13-15)21(26)27-23-19-17-8-4-5-9-18(17)24(20(19)25)16-6-2-1-3-7-16/h1-13H. The summed E-state index contributed by atoms with van der Waals surface area (Å²) in [6.07, 6.45) is 0. The molecule has 0 saturated heterocycles. The lowest BCUT2D eigenvalue weighted by molar-refractivity contribution is -0.111. The van der Waals surface area contributed by atoms with Gasteiger partial charge in [0.05, 0.1) is 11.3 Å². The minimum absolute atomic E-state index is 0.0803. The maximum atomic E-state index is 12.9. The normalized spacial score (nSPS) is 14.3. The Morgan fingerprint density at radius 1 is 0.889 bits per heavy atom. The van der Waals surface area contributed by atoms with E-state index in [1.54, 1.807) is 29.2 Å². The molecule has 0 aliphatic carbocycles. The first-order valence-electron chi connectivity index (χ1n) is 8.19. The molecule has 27 heavy (non-hydrogen) atoms. The van der Waals surface area contributed by atoms with E-state index in [0.717, 1.165) is 0 Å². The summed E-state index contributed by atoms with van der Waals surface area (Å²) in [5, 5.41) is 4.37. The summed E-state index contributed by atoms with van der Waals surface area (Å²) >= 11 is 5.82. The monoisotopic (exact) mass is 376 g/mol. The zero-order chi connectivity index (χ0) is 18.8. The first-order chi connectivity index (χ1) is 13.1. The number of hydrogen-bond donors (Lipinski definition) is 0. The van der Waals surface area contributed by atoms with Crippen molar-refractivity contribution in [3.8, 4) is 0 Å². The van der Waals surface area contributed by atoms with Crippen LogP contribution in [-0.2, 0) is 9.63 Å². The maximum absolute atomic E-state index is 12.9. The Balaban J connectivity index is 1.67. The van der Waals surface area contributed by atoms with E-state index in [2.05, 4.69) is 5.16 Å². The number of oxime groups is 1. The van der Waals surface area contributed by atoms with Gasteiger partial charge in [0.25, 0.3) is 5.91 Å². The van der Waals surface area contributed by atoms with Crippen molar-refractivity contribution >= 4 is 40.6 Å². The van der Waals surface area contributed by atoms with Crippen LogP contribution in [0, 0.1) is 0 Å². The fourth-order valence-electron chi connectivity index (χ4n) is 2.85. The highest BCUT2D eigenvalue weighted by Crippen LogP contribution is 2.35. The maximum Gasteiger partial charge on any atom is 0.365 e. The molecule has 6 heteroatoms. The molecule has 0 aromatic heterocycles. The summed E-state index contributed by atoms with van der Waals surface area (Å²) < 4.78 is 0. The Morgan fingerprint density at radius 2 is 1.56 bits per heavy atom. The number of amides is 1. The zero-order valence-electron chi connectivity index (χ0n) is 14.0. The second-order valence-corrected chi connectivity index (χ2v) is 6.26. The van der Waals surface area contributed by atoms with Crippen molar-refractivity contribution in [2.24, 2.45) is 5.16 Å². The summed E-state index contributed by atoms with van der Waals surface area (Å²) in [6, 6.07) is 22.7. The molecule has 5 nitrogen and oxygen atoms in total.